The fourth-order valence-electron chi connectivity index (χ4n) is 1.92. The molecule has 3 nitrogen and oxygen atoms in total. The lowest BCUT2D eigenvalue weighted by Gasteiger charge is -2.30. The van der Waals surface area contributed by atoms with Gasteiger partial charge in [0.05, 0.1) is 5.92 Å². The van der Waals surface area contributed by atoms with E-state index in [9.17, 15) is 4.79 Å². The van der Waals surface area contributed by atoms with Gasteiger partial charge in [-0.25, -0.2) is 0 Å². The van der Waals surface area contributed by atoms with Gasteiger partial charge in [0.25, 0.3) is 0 Å². The van der Waals surface area contributed by atoms with E-state index >= 15 is 0 Å². The van der Waals surface area contributed by atoms with Crippen molar-refractivity contribution in [3.63, 3.8) is 0 Å². The summed E-state index contributed by atoms with van der Waals surface area (Å²) in [4.78, 5) is 13.7. The van der Waals surface area contributed by atoms with Crippen LogP contribution in [0.15, 0.2) is 12.2 Å². The van der Waals surface area contributed by atoms with Gasteiger partial charge in [0.15, 0.2) is 0 Å². The standard InChI is InChI=1S/C12H22N2O/c1-4-9-14(3)11(15)10-5-7-12(2,13)8-6-10/h5,7,10H,4,6,8-9,13H2,1-3H3/t10?,12-/m0/s1. The van der Waals surface area contributed by atoms with Crippen LogP contribution in [0.2, 0.25) is 0 Å². The van der Waals surface area contributed by atoms with Crippen molar-refractivity contribution >= 4 is 5.91 Å². The van der Waals surface area contributed by atoms with Crippen LogP contribution in [-0.2, 0) is 4.79 Å². The fourth-order valence-corrected chi connectivity index (χ4v) is 1.92. The lowest BCUT2D eigenvalue weighted by Crippen LogP contribution is -2.40. The van der Waals surface area contributed by atoms with Crippen LogP contribution in [-0.4, -0.2) is 29.9 Å². The maximum atomic E-state index is 11.9. The molecule has 0 saturated heterocycles. The van der Waals surface area contributed by atoms with E-state index in [-0.39, 0.29) is 17.4 Å². The summed E-state index contributed by atoms with van der Waals surface area (Å²) < 4.78 is 0. The Labute approximate surface area is 92.3 Å². The van der Waals surface area contributed by atoms with Crippen LogP contribution in [0, 0.1) is 5.92 Å². The molecule has 0 aromatic rings. The van der Waals surface area contributed by atoms with Crippen molar-refractivity contribution in [3.05, 3.63) is 12.2 Å². The zero-order valence-corrected chi connectivity index (χ0v) is 9.99. The second-order valence-electron chi connectivity index (χ2n) is 4.77. The summed E-state index contributed by atoms with van der Waals surface area (Å²) in [6.45, 7) is 4.92. The molecule has 0 heterocycles. The van der Waals surface area contributed by atoms with E-state index < -0.39 is 0 Å². The molecule has 3 heteroatoms. The lowest BCUT2D eigenvalue weighted by atomic mass is 9.84. The highest BCUT2D eigenvalue weighted by molar-refractivity contribution is 5.80. The summed E-state index contributed by atoms with van der Waals surface area (Å²) in [5.74, 6) is 0.266. The summed E-state index contributed by atoms with van der Waals surface area (Å²) in [5.41, 5.74) is 5.74. The van der Waals surface area contributed by atoms with Gasteiger partial charge in [-0.1, -0.05) is 19.1 Å². The van der Waals surface area contributed by atoms with Crippen LogP contribution in [0.4, 0.5) is 0 Å². The van der Waals surface area contributed by atoms with Gasteiger partial charge in [0, 0.05) is 19.1 Å². The Bertz CT molecular complexity index is 258. The number of nitrogens with zero attached hydrogens (tertiary/aromatic N) is 1. The topological polar surface area (TPSA) is 46.3 Å². The summed E-state index contributed by atoms with van der Waals surface area (Å²) >= 11 is 0. The number of amides is 1. The van der Waals surface area contributed by atoms with E-state index in [0.717, 1.165) is 25.8 Å². The van der Waals surface area contributed by atoms with Crippen LogP contribution in [0.3, 0.4) is 0 Å². The number of hydrogen-bond donors (Lipinski definition) is 1. The predicted octanol–water partition coefficient (Wildman–Crippen LogP) is 1.54. The van der Waals surface area contributed by atoms with Gasteiger partial charge in [-0.2, -0.15) is 0 Å². The van der Waals surface area contributed by atoms with E-state index in [1.54, 1.807) is 0 Å². The maximum absolute atomic E-state index is 11.9. The van der Waals surface area contributed by atoms with E-state index in [1.807, 2.05) is 31.0 Å². The van der Waals surface area contributed by atoms with Crippen molar-refractivity contribution in [2.24, 2.45) is 11.7 Å². The molecule has 0 aliphatic heterocycles. The minimum Gasteiger partial charge on any atom is -0.345 e. The first-order chi connectivity index (χ1) is 6.96. The third-order valence-corrected chi connectivity index (χ3v) is 2.96. The highest BCUT2D eigenvalue weighted by atomic mass is 16.2. The number of carbonyl (C=O) groups is 1. The molecule has 0 aromatic carbocycles. The Morgan fingerprint density at radius 2 is 2.33 bits per heavy atom. The summed E-state index contributed by atoms with van der Waals surface area (Å²) in [5, 5.41) is 0. The van der Waals surface area contributed by atoms with Gasteiger partial charge in [0.1, 0.15) is 0 Å². The molecule has 15 heavy (non-hydrogen) atoms. The molecule has 2 N–H and O–H groups in total. The van der Waals surface area contributed by atoms with Gasteiger partial charge >= 0.3 is 0 Å². The van der Waals surface area contributed by atoms with Crippen molar-refractivity contribution in [1.29, 1.82) is 0 Å². The second kappa shape index (κ2) is 4.79. The molecule has 0 saturated carbocycles. The van der Waals surface area contributed by atoms with E-state index in [1.165, 1.54) is 0 Å². The lowest BCUT2D eigenvalue weighted by molar-refractivity contribution is -0.133. The van der Waals surface area contributed by atoms with E-state index in [0.29, 0.717) is 0 Å². The second-order valence-corrected chi connectivity index (χ2v) is 4.77. The van der Waals surface area contributed by atoms with Crippen LogP contribution in [0.25, 0.3) is 0 Å². The normalized spacial score (nSPS) is 30.3. The average Bonchev–Trinajstić information content (AvgIpc) is 2.17. The highest BCUT2D eigenvalue weighted by Gasteiger charge is 2.27. The van der Waals surface area contributed by atoms with Crippen molar-refractivity contribution in [2.45, 2.75) is 38.6 Å². The molecule has 2 atom stereocenters. The number of rotatable bonds is 3. The molecule has 1 aliphatic carbocycles. The average molecular weight is 210 g/mol. The molecular formula is C12H22N2O. The minimum atomic E-state index is -0.222. The SMILES string of the molecule is CCCN(C)C(=O)C1C=C[C@](C)(N)CC1. The van der Waals surface area contributed by atoms with Crippen LogP contribution < -0.4 is 5.73 Å². The first-order valence-electron chi connectivity index (χ1n) is 5.69. The molecule has 0 aromatic heterocycles. The zero-order valence-electron chi connectivity index (χ0n) is 9.99. The number of hydrogen-bond acceptors (Lipinski definition) is 2. The van der Waals surface area contributed by atoms with Crippen molar-refractivity contribution in [3.8, 4) is 0 Å². The highest BCUT2D eigenvalue weighted by Crippen LogP contribution is 2.24. The van der Waals surface area contributed by atoms with Crippen molar-refractivity contribution in [2.75, 3.05) is 13.6 Å². The number of carbonyl (C=O) groups excluding carboxylic acids is 1. The predicted molar refractivity (Wildman–Crippen MR) is 62.4 cm³/mol. The van der Waals surface area contributed by atoms with Gasteiger partial charge in [-0.3, -0.25) is 4.79 Å². The van der Waals surface area contributed by atoms with Crippen LogP contribution in [0.5, 0.6) is 0 Å². The van der Waals surface area contributed by atoms with Crippen LogP contribution >= 0.6 is 0 Å². The van der Waals surface area contributed by atoms with Crippen molar-refractivity contribution < 1.29 is 4.79 Å². The maximum Gasteiger partial charge on any atom is 0.229 e. The van der Waals surface area contributed by atoms with Crippen LogP contribution in [0.1, 0.15) is 33.1 Å². The molecule has 86 valence electrons. The Kier molecular flexibility index (Phi) is 3.91. The minimum absolute atomic E-state index is 0.0400. The monoisotopic (exact) mass is 210 g/mol. The molecule has 0 fully saturated rings. The Morgan fingerprint density at radius 3 is 2.80 bits per heavy atom. The molecule has 0 spiro atoms. The Hall–Kier alpha value is -0.830. The first kappa shape index (κ1) is 12.2. The van der Waals surface area contributed by atoms with Gasteiger partial charge < -0.3 is 10.6 Å². The van der Waals surface area contributed by atoms with Gasteiger partial charge in [-0.05, 0) is 26.2 Å². The molecular weight excluding hydrogens is 188 g/mol. The van der Waals surface area contributed by atoms with Crippen molar-refractivity contribution in [1.82, 2.24) is 4.90 Å². The van der Waals surface area contributed by atoms with Gasteiger partial charge in [-0.15, -0.1) is 0 Å². The fraction of sp³-hybridized carbons (Fsp3) is 0.750. The smallest absolute Gasteiger partial charge is 0.229 e. The first-order valence-corrected chi connectivity index (χ1v) is 5.69. The zero-order chi connectivity index (χ0) is 11.5. The molecule has 1 aliphatic rings. The van der Waals surface area contributed by atoms with Gasteiger partial charge in [0.2, 0.25) is 5.91 Å². The summed E-state index contributed by atoms with van der Waals surface area (Å²) in [6.07, 6.45) is 6.71. The molecule has 0 bridgehead atoms. The summed E-state index contributed by atoms with van der Waals surface area (Å²) in [7, 11) is 1.87. The molecule has 1 rings (SSSR count). The van der Waals surface area contributed by atoms with E-state index in [2.05, 4.69) is 6.92 Å². The largest absolute Gasteiger partial charge is 0.345 e. The quantitative estimate of drug-likeness (QED) is 0.718. The summed E-state index contributed by atoms with van der Waals surface area (Å²) in [6, 6.07) is 0. The molecule has 1 amide bonds. The van der Waals surface area contributed by atoms with E-state index in [4.69, 9.17) is 5.73 Å². The third kappa shape index (κ3) is 3.34. The Balaban J connectivity index is 2.56. The Morgan fingerprint density at radius 1 is 1.67 bits per heavy atom. The number of nitrogens with two attached hydrogens (primary N) is 1. The molecule has 1 unspecified atom stereocenters. The molecule has 0 radical (unpaired) electrons. The third-order valence-electron chi connectivity index (χ3n) is 2.96.